The number of nitrogens with one attached hydrogen (secondary N) is 1. The number of aryl methyl sites for hydroxylation is 1. The third-order valence-electron chi connectivity index (χ3n) is 2.01. The number of aromatic amines is 1. The molecule has 0 aliphatic carbocycles. The molecule has 2 rings (SSSR count). The van der Waals surface area contributed by atoms with Crippen molar-refractivity contribution in [2.24, 2.45) is 0 Å². The van der Waals surface area contributed by atoms with E-state index in [9.17, 15) is 0 Å². The highest BCUT2D eigenvalue weighted by atomic mass is 35.5. The van der Waals surface area contributed by atoms with Gasteiger partial charge in [-0.15, -0.1) is 0 Å². The molecule has 0 unspecified atom stereocenters. The maximum absolute atomic E-state index is 5.93. The fourth-order valence-corrected chi connectivity index (χ4v) is 2.20. The standard InChI is InChI=1S/C11H8Cl2N2S/c1-6-2-10(16)15-11(14-6)7-3-8(12)5-9(13)4-7/h2-5H,1H3,(H,14,15,16). The van der Waals surface area contributed by atoms with E-state index in [1.54, 1.807) is 24.3 Å². The van der Waals surface area contributed by atoms with Crippen LogP contribution in [-0.4, -0.2) is 9.97 Å². The molecule has 1 aromatic heterocycles. The summed E-state index contributed by atoms with van der Waals surface area (Å²) in [5.41, 5.74) is 1.78. The lowest BCUT2D eigenvalue weighted by molar-refractivity contribution is 1.10. The molecule has 0 aliphatic heterocycles. The zero-order chi connectivity index (χ0) is 11.7. The Labute approximate surface area is 108 Å². The van der Waals surface area contributed by atoms with Crippen molar-refractivity contribution in [3.63, 3.8) is 0 Å². The molecule has 0 aliphatic rings. The largest absolute Gasteiger partial charge is 0.343 e. The third-order valence-corrected chi connectivity index (χ3v) is 2.66. The summed E-state index contributed by atoms with van der Waals surface area (Å²) in [6.45, 7) is 1.92. The Hall–Kier alpha value is -0.900. The highest BCUT2D eigenvalue weighted by Gasteiger charge is 2.03. The minimum atomic E-state index is 0.544. The van der Waals surface area contributed by atoms with Gasteiger partial charge in [0.25, 0.3) is 0 Å². The molecule has 0 bridgehead atoms. The summed E-state index contributed by atoms with van der Waals surface area (Å²) in [6, 6.07) is 7.06. The molecule has 16 heavy (non-hydrogen) atoms. The first-order chi connectivity index (χ1) is 7.54. The Kier molecular flexibility index (Phi) is 3.28. The molecule has 0 atom stereocenters. The smallest absolute Gasteiger partial charge is 0.139 e. The second-order valence-electron chi connectivity index (χ2n) is 3.41. The van der Waals surface area contributed by atoms with Crippen molar-refractivity contribution in [3.05, 3.63) is 44.6 Å². The van der Waals surface area contributed by atoms with Crippen LogP contribution in [0.4, 0.5) is 0 Å². The van der Waals surface area contributed by atoms with E-state index in [1.807, 2.05) is 6.92 Å². The third kappa shape index (κ3) is 2.61. The van der Waals surface area contributed by atoms with Crippen LogP contribution in [0.15, 0.2) is 24.3 Å². The van der Waals surface area contributed by atoms with E-state index in [1.165, 1.54) is 0 Å². The van der Waals surface area contributed by atoms with Gasteiger partial charge in [-0.3, -0.25) is 0 Å². The molecule has 0 saturated carbocycles. The lowest BCUT2D eigenvalue weighted by Crippen LogP contribution is -1.92. The minimum absolute atomic E-state index is 0.544. The summed E-state index contributed by atoms with van der Waals surface area (Å²) in [5, 5.41) is 1.15. The normalized spacial score (nSPS) is 10.4. The van der Waals surface area contributed by atoms with Crippen molar-refractivity contribution in [2.75, 3.05) is 0 Å². The van der Waals surface area contributed by atoms with Gasteiger partial charge in [-0.2, -0.15) is 0 Å². The quantitative estimate of drug-likeness (QED) is 0.778. The lowest BCUT2D eigenvalue weighted by Gasteiger charge is -2.04. The second kappa shape index (κ2) is 4.53. The van der Waals surface area contributed by atoms with Crippen molar-refractivity contribution in [2.45, 2.75) is 6.92 Å². The van der Waals surface area contributed by atoms with Gasteiger partial charge in [0.05, 0.1) is 0 Å². The Morgan fingerprint density at radius 2 is 1.75 bits per heavy atom. The first-order valence-electron chi connectivity index (χ1n) is 4.59. The average Bonchev–Trinajstić information content (AvgIpc) is 2.14. The van der Waals surface area contributed by atoms with E-state index in [0.29, 0.717) is 20.5 Å². The highest BCUT2D eigenvalue weighted by molar-refractivity contribution is 7.71. The Bertz CT molecular complexity index is 573. The van der Waals surface area contributed by atoms with Crippen LogP contribution in [0, 0.1) is 11.6 Å². The molecule has 2 aromatic rings. The summed E-state index contributed by atoms with van der Waals surface area (Å²) in [7, 11) is 0. The summed E-state index contributed by atoms with van der Waals surface area (Å²) < 4.78 is 0.544. The molecule has 2 nitrogen and oxygen atoms in total. The van der Waals surface area contributed by atoms with Gasteiger partial charge in [0.2, 0.25) is 0 Å². The zero-order valence-electron chi connectivity index (χ0n) is 8.42. The van der Waals surface area contributed by atoms with Gasteiger partial charge in [-0.05, 0) is 31.2 Å². The number of benzene rings is 1. The molecule has 1 heterocycles. The molecule has 0 amide bonds. The van der Waals surface area contributed by atoms with Gasteiger partial charge < -0.3 is 4.98 Å². The van der Waals surface area contributed by atoms with E-state index >= 15 is 0 Å². The van der Waals surface area contributed by atoms with Crippen LogP contribution in [-0.2, 0) is 0 Å². The summed E-state index contributed by atoms with van der Waals surface area (Å²) >= 11 is 16.9. The zero-order valence-corrected chi connectivity index (χ0v) is 10.7. The maximum Gasteiger partial charge on any atom is 0.139 e. The molecule has 0 saturated heterocycles. The van der Waals surface area contributed by atoms with Crippen LogP contribution in [0.5, 0.6) is 0 Å². The van der Waals surface area contributed by atoms with Crippen LogP contribution in [0.2, 0.25) is 10.0 Å². The molecule has 1 aromatic carbocycles. The van der Waals surface area contributed by atoms with E-state index in [2.05, 4.69) is 9.97 Å². The van der Waals surface area contributed by atoms with Crippen LogP contribution in [0.3, 0.4) is 0 Å². The van der Waals surface area contributed by atoms with Crippen LogP contribution < -0.4 is 0 Å². The van der Waals surface area contributed by atoms with E-state index in [4.69, 9.17) is 35.4 Å². The summed E-state index contributed by atoms with van der Waals surface area (Å²) in [6.07, 6.45) is 0. The number of H-pyrrole nitrogens is 1. The van der Waals surface area contributed by atoms with Crippen molar-refractivity contribution < 1.29 is 0 Å². The maximum atomic E-state index is 5.93. The predicted octanol–water partition coefficient (Wildman–Crippen LogP) is 4.42. The average molecular weight is 271 g/mol. The van der Waals surface area contributed by atoms with E-state index in [0.717, 1.165) is 11.3 Å². The van der Waals surface area contributed by atoms with Crippen molar-refractivity contribution in [1.29, 1.82) is 0 Å². The van der Waals surface area contributed by atoms with Crippen LogP contribution in [0.1, 0.15) is 5.69 Å². The van der Waals surface area contributed by atoms with Crippen molar-refractivity contribution >= 4 is 35.4 Å². The van der Waals surface area contributed by atoms with E-state index in [-0.39, 0.29) is 0 Å². The minimum Gasteiger partial charge on any atom is -0.343 e. The summed E-state index contributed by atoms with van der Waals surface area (Å²) in [5.74, 6) is 0.675. The Balaban J connectivity index is 2.62. The number of nitrogens with zero attached hydrogens (tertiary/aromatic N) is 1. The van der Waals surface area contributed by atoms with Gasteiger partial charge in [0, 0.05) is 21.3 Å². The number of aromatic nitrogens is 2. The summed E-state index contributed by atoms with van der Waals surface area (Å²) in [4.78, 5) is 7.35. The topological polar surface area (TPSA) is 28.7 Å². The molecular weight excluding hydrogens is 263 g/mol. The number of halogens is 2. The van der Waals surface area contributed by atoms with E-state index < -0.39 is 0 Å². The number of rotatable bonds is 1. The van der Waals surface area contributed by atoms with Gasteiger partial charge in [-0.25, -0.2) is 4.98 Å². The monoisotopic (exact) mass is 270 g/mol. The molecule has 5 heteroatoms. The van der Waals surface area contributed by atoms with Gasteiger partial charge in [-0.1, -0.05) is 35.4 Å². The van der Waals surface area contributed by atoms with Crippen LogP contribution >= 0.6 is 35.4 Å². The van der Waals surface area contributed by atoms with Gasteiger partial charge >= 0.3 is 0 Å². The lowest BCUT2D eigenvalue weighted by atomic mass is 10.2. The number of hydrogen-bond acceptors (Lipinski definition) is 2. The first kappa shape index (κ1) is 11.6. The molecule has 0 spiro atoms. The van der Waals surface area contributed by atoms with Gasteiger partial charge in [0.1, 0.15) is 10.5 Å². The van der Waals surface area contributed by atoms with Gasteiger partial charge in [0.15, 0.2) is 0 Å². The molecular formula is C11H8Cl2N2S. The molecule has 0 fully saturated rings. The Morgan fingerprint density at radius 1 is 1.12 bits per heavy atom. The fourth-order valence-electron chi connectivity index (χ4n) is 1.41. The fraction of sp³-hybridized carbons (Fsp3) is 0.0909. The molecule has 82 valence electrons. The predicted molar refractivity (Wildman–Crippen MR) is 69.6 cm³/mol. The number of hydrogen-bond donors (Lipinski definition) is 1. The Morgan fingerprint density at radius 3 is 2.31 bits per heavy atom. The van der Waals surface area contributed by atoms with Crippen molar-refractivity contribution in [1.82, 2.24) is 9.97 Å². The van der Waals surface area contributed by atoms with Crippen LogP contribution in [0.25, 0.3) is 11.4 Å². The molecule has 1 N–H and O–H groups in total. The first-order valence-corrected chi connectivity index (χ1v) is 5.75. The highest BCUT2D eigenvalue weighted by Crippen LogP contribution is 2.24. The SMILES string of the molecule is Cc1cc(=S)nc(-c2cc(Cl)cc(Cl)c2)[nH]1. The second-order valence-corrected chi connectivity index (χ2v) is 4.70. The molecule has 0 radical (unpaired) electrons. The van der Waals surface area contributed by atoms with Crippen molar-refractivity contribution in [3.8, 4) is 11.4 Å².